The van der Waals surface area contributed by atoms with Crippen molar-refractivity contribution in [1.82, 2.24) is 20.2 Å². The van der Waals surface area contributed by atoms with E-state index in [0.717, 1.165) is 46.4 Å². The van der Waals surface area contributed by atoms with E-state index < -0.39 is 12.1 Å². The SMILES string of the molecule is O=C(N[C@H]1CC[C@H]2CC[C@@H](c3ncc(-c4ccc(Br)cc4)[nH]3)N2C1=O)OCc1ccccc1. The average Bonchev–Trinajstić information content (AvgIpc) is 3.48. The fourth-order valence-corrected chi connectivity index (χ4v) is 5.02. The minimum Gasteiger partial charge on any atom is -0.445 e. The number of nitrogens with zero attached hydrogens (tertiary/aromatic N) is 2. The molecule has 2 aromatic carbocycles. The highest BCUT2D eigenvalue weighted by Crippen LogP contribution is 2.40. The molecule has 0 unspecified atom stereocenters. The van der Waals surface area contributed by atoms with Crippen LogP contribution in [0.4, 0.5) is 4.79 Å². The molecule has 0 spiro atoms. The van der Waals surface area contributed by atoms with Crippen molar-refractivity contribution >= 4 is 27.9 Å². The van der Waals surface area contributed by atoms with E-state index in [1.165, 1.54) is 0 Å². The Bertz CT molecular complexity index is 1130. The Hall–Kier alpha value is -3.13. The first-order valence-electron chi connectivity index (χ1n) is 11.2. The standard InChI is InChI=1S/C25H25BrN4O3/c26-18-8-6-17(7-9-18)21-14-27-23(28-21)22-13-11-19-10-12-20(24(31)30(19)22)29-25(32)33-15-16-4-2-1-3-5-16/h1-9,14,19-20,22H,10-13,15H2,(H,27,28)(H,29,32)/t19-,20-,22-/m0/s1. The molecule has 170 valence electrons. The first-order valence-corrected chi connectivity index (χ1v) is 12.0. The third kappa shape index (κ3) is 4.66. The van der Waals surface area contributed by atoms with Gasteiger partial charge in [-0.15, -0.1) is 0 Å². The van der Waals surface area contributed by atoms with Crippen LogP contribution in [-0.4, -0.2) is 39.0 Å². The fraction of sp³-hybridized carbons (Fsp3) is 0.320. The molecule has 8 heteroatoms. The molecular weight excluding hydrogens is 484 g/mol. The molecule has 2 aliphatic rings. The van der Waals surface area contributed by atoms with Crippen molar-refractivity contribution in [2.24, 2.45) is 0 Å². The first-order chi connectivity index (χ1) is 16.1. The van der Waals surface area contributed by atoms with Crippen molar-refractivity contribution < 1.29 is 14.3 Å². The number of aromatic nitrogens is 2. The zero-order valence-electron chi connectivity index (χ0n) is 18.0. The third-order valence-electron chi connectivity index (χ3n) is 6.41. The molecule has 0 saturated carbocycles. The third-order valence-corrected chi connectivity index (χ3v) is 6.94. The highest BCUT2D eigenvalue weighted by Gasteiger charge is 2.45. The van der Waals surface area contributed by atoms with Crippen LogP contribution in [0.15, 0.2) is 65.3 Å². The van der Waals surface area contributed by atoms with Crippen molar-refractivity contribution in [1.29, 1.82) is 0 Å². The number of hydrogen-bond acceptors (Lipinski definition) is 4. The number of H-pyrrole nitrogens is 1. The molecule has 3 atom stereocenters. The molecule has 0 bridgehead atoms. The number of alkyl carbamates (subject to hydrolysis) is 1. The summed E-state index contributed by atoms with van der Waals surface area (Å²) in [6.07, 6.45) is 4.52. The Kier molecular flexibility index (Phi) is 6.17. The number of piperidine rings is 1. The van der Waals surface area contributed by atoms with E-state index in [-0.39, 0.29) is 24.6 Å². The summed E-state index contributed by atoms with van der Waals surface area (Å²) in [7, 11) is 0. The van der Waals surface area contributed by atoms with E-state index in [1.807, 2.05) is 65.7 Å². The van der Waals surface area contributed by atoms with Gasteiger partial charge in [-0.05, 0) is 48.9 Å². The monoisotopic (exact) mass is 508 g/mol. The van der Waals surface area contributed by atoms with E-state index in [9.17, 15) is 9.59 Å². The summed E-state index contributed by atoms with van der Waals surface area (Å²) >= 11 is 3.46. The predicted molar refractivity (Wildman–Crippen MR) is 127 cm³/mol. The molecule has 0 radical (unpaired) electrons. The van der Waals surface area contributed by atoms with Gasteiger partial charge < -0.3 is 19.9 Å². The van der Waals surface area contributed by atoms with Crippen LogP contribution in [0.5, 0.6) is 0 Å². The summed E-state index contributed by atoms with van der Waals surface area (Å²) in [4.78, 5) is 35.6. The van der Waals surface area contributed by atoms with Crippen LogP contribution in [0.2, 0.25) is 0 Å². The minimum atomic E-state index is -0.578. The van der Waals surface area contributed by atoms with Gasteiger partial charge in [-0.25, -0.2) is 9.78 Å². The van der Waals surface area contributed by atoms with Crippen molar-refractivity contribution in [3.8, 4) is 11.3 Å². The van der Waals surface area contributed by atoms with Crippen LogP contribution in [0.25, 0.3) is 11.3 Å². The number of ether oxygens (including phenoxy) is 1. The highest BCUT2D eigenvalue weighted by molar-refractivity contribution is 9.10. The smallest absolute Gasteiger partial charge is 0.408 e. The average molecular weight is 509 g/mol. The lowest BCUT2D eigenvalue weighted by atomic mass is 9.98. The number of hydrogen-bond donors (Lipinski definition) is 2. The largest absolute Gasteiger partial charge is 0.445 e. The number of fused-ring (bicyclic) bond motifs is 1. The second kappa shape index (κ2) is 9.39. The second-order valence-electron chi connectivity index (χ2n) is 8.52. The van der Waals surface area contributed by atoms with Gasteiger partial charge in [0.15, 0.2) is 0 Å². The van der Waals surface area contributed by atoms with E-state index in [0.29, 0.717) is 6.42 Å². The van der Waals surface area contributed by atoms with Gasteiger partial charge in [0.05, 0.1) is 17.9 Å². The van der Waals surface area contributed by atoms with Crippen molar-refractivity contribution in [3.05, 3.63) is 76.7 Å². The normalized spacial score (nSPS) is 22.2. The fourth-order valence-electron chi connectivity index (χ4n) is 4.75. The van der Waals surface area contributed by atoms with E-state index in [1.54, 1.807) is 0 Å². The molecule has 5 rings (SSSR count). The van der Waals surface area contributed by atoms with Gasteiger partial charge in [-0.3, -0.25) is 4.79 Å². The van der Waals surface area contributed by atoms with Gasteiger partial charge in [0.25, 0.3) is 0 Å². The van der Waals surface area contributed by atoms with E-state index >= 15 is 0 Å². The molecule has 1 aromatic heterocycles. The van der Waals surface area contributed by atoms with Crippen LogP contribution in [-0.2, 0) is 16.1 Å². The van der Waals surface area contributed by atoms with Gasteiger partial charge in [0.1, 0.15) is 18.5 Å². The van der Waals surface area contributed by atoms with Crippen molar-refractivity contribution in [2.45, 2.75) is 50.4 Å². The van der Waals surface area contributed by atoms with E-state index in [2.05, 4.69) is 31.2 Å². The number of rotatable bonds is 5. The summed E-state index contributed by atoms with van der Waals surface area (Å²) in [6.45, 7) is 0.174. The molecule has 3 heterocycles. The zero-order chi connectivity index (χ0) is 22.8. The van der Waals surface area contributed by atoms with Gasteiger partial charge >= 0.3 is 6.09 Å². The zero-order valence-corrected chi connectivity index (χ0v) is 19.6. The molecule has 0 aliphatic carbocycles. The Labute approximate surface area is 200 Å². The Balaban J connectivity index is 1.25. The van der Waals surface area contributed by atoms with Crippen LogP contribution in [0, 0.1) is 0 Å². The van der Waals surface area contributed by atoms with Crippen molar-refractivity contribution in [2.75, 3.05) is 0 Å². The Morgan fingerprint density at radius 1 is 1.09 bits per heavy atom. The van der Waals surface area contributed by atoms with Crippen molar-refractivity contribution in [3.63, 3.8) is 0 Å². The number of carbonyl (C=O) groups excluding carboxylic acids is 2. The Morgan fingerprint density at radius 3 is 2.64 bits per heavy atom. The summed E-state index contributed by atoms with van der Waals surface area (Å²) in [5.74, 6) is 0.725. The first kappa shape index (κ1) is 21.7. The van der Waals surface area contributed by atoms with Crippen LogP contribution < -0.4 is 5.32 Å². The number of aromatic amines is 1. The number of benzene rings is 2. The number of halogens is 1. The summed E-state index contributed by atoms with van der Waals surface area (Å²) in [5, 5.41) is 2.77. The molecule has 3 aromatic rings. The van der Waals surface area contributed by atoms with Gasteiger partial charge in [0.2, 0.25) is 5.91 Å². The highest BCUT2D eigenvalue weighted by atomic mass is 79.9. The van der Waals surface area contributed by atoms with Crippen LogP contribution >= 0.6 is 15.9 Å². The van der Waals surface area contributed by atoms with E-state index in [4.69, 9.17) is 4.74 Å². The Morgan fingerprint density at radius 2 is 1.85 bits per heavy atom. The molecule has 2 N–H and O–H groups in total. The molecule has 33 heavy (non-hydrogen) atoms. The molecule has 2 saturated heterocycles. The van der Waals surface area contributed by atoms with Gasteiger partial charge in [-0.1, -0.05) is 58.4 Å². The maximum Gasteiger partial charge on any atom is 0.408 e. The molecule has 2 aliphatic heterocycles. The molecule has 7 nitrogen and oxygen atoms in total. The second-order valence-corrected chi connectivity index (χ2v) is 9.43. The maximum absolute atomic E-state index is 13.3. The van der Waals surface area contributed by atoms with Crippen LogP contribution in [0.3, 0.4) is 0 Å². The van der Waals surface area contributed by atoms with Gasteiger partial charge in [0, 0.05) is 10.5 Å². The summed E-state index contributed by atoms with van der Waals surface area (Å²) in [6, 6.07) is 17.0. The maximum atomic E-state index is 13.3. The quantitative estimate of drug-likeness (QED) is 0.509. The molecule has 2 fully saturated rings. The summed E-state index contributed by atoms with van der Waals surface area (Å²) < 4.78 is 6.34. The number of carbonyl (C=O) groups is 2. The number of nitrogens with one attached hydrogen (secondary N) is 2. The predicted octanol–water partition coefficient (Wildman–Crippen LogP) is 4.96. The number of amides is 2. The summed E-state index contributed by atoms with van der Waals surface area (Å²) in [5.41, 5.74) is 2.86. The lowest BCUT2D eigenvalue weighted by Crippen LogP contribution is -2.54. The molecular formula is C25H25BrN4O3. The topological polar surface area (TPSA) is 87.3 Å². The van der Waals surface area contributed by atoms with Gasteiger partial charge in [-0.2, -0.15) is 0 Å². The minimum absolute atomic E-state index is 0.0630. The molecule has 2 amide bonds. The lowest BCUT2D eigenvalue weighted by Gasteiger charge is -2.37. The number of imidazole rings is 1. The van der Waals surface area contributed by atoms with Crippen LogP contribution in [0.1, 0.15) is 43.1 Å². The lowest BCUT2D eigenvalue weighted by molar-refractivity contribution is -0.139.